The molecule has 1 saturated heterocycles. The Morgan fingerprint density at radius 1 is 1.21 bits per heavy atom. The number of guanidine groups is 1. The van der Waals surface area contributed by atoms with E-state index in [2.05, 4.69) is 65.4 Å². The Hall–Kier alpha value is -1.81. The molecule has 4 nitrogen and oxygen atoms in total. The molecule has 0 bridgehead atoms. The molecule has 0 aliphatic carbocycles. The highest BCUT2D eigenvalue weighted by Gasteiger charge is 2.29. The van der Waals surface area contributed by atoms with Crippen LogP contribution in [0.2, 0.25) is 0 Å². The number of aliphatic imine (C=N–C) groups is 1. The zero-order valence-corrected chi connectivity index (χ0v) is 15.0. The highest BCUT2D eigenvalue weighted by molar-refractivity contribution is 5.80. The first kappa shape index (κ1) is 17.0. The topological polar surface area (TPSA) is 30.9 Å². The molecule has 4 heteroatoms. The van der Waals surface area contributed by atoms with Gasteiger partial charge in [-0.1, -0.05) is 42.0 Å². The molecule has 1 aromatic carbocycles. The maximum absolute atomic E-state index is 4.87. The average molecular weight is 326 g/mol. The molecule has 0 radical (unpaired) electrons. The first-order valence-corrected chi connectivity index (χ1v) is 9.24. The molecular weight excluding hydrogens is 296 g/mol. The van der Waals surface area contributed by atoms with Crippen LogP contribution in [0.3, 0.4) is 0 Å². The van der Waals surface area contributed by atoms with E-state index in [4.69, 9.17) is 4.99 Å². The summed E-state index contributed by atoms with van der Waals surface area (Å²) in [6.07, 6.45) is 6.81. The van der Waals surface area contributed by atoms with Crippen molar-refractivity contribution in [1.82, 2.24) is 15.1 Å². The number of hydrogen-bond acceptors (Lipinski definition) is 2. The van der Waals surface area contributed by atoms with E-state index in [0.29, 0.717) is 6.04 Å². The van der Waals surface area contributed by atoms with Crippen molar-refractivity contribution in [3.8, 4) is 0 Å². The SMILES string of the molecule is CCNC(=NCCc1ccc(C)cc1)N1CCC(N2CC=CC2)C1. The van der Waals surface area contributed by atoms with Crippen LogP contribution in [0.5, 0.6) is 0 Å². The molecule has 2 aliphatic rings. The van der Waals surface area contributed by atoms with E-state index < -0.39 is 0 Å². The van der Waals surface area contributed by atoms with Gasteiger partial charge in [0.25, 0.3) is 0 Å². The molecule has 3 rings (SSSR count). The van der Waals surface area contributed by atoms with Crippen LogP contribution in [0.1, 0.15) is 24.5 Å². The van der Waals surface area contributed by atoms with Crippen LogP contribution in [-0.2, 0) is 6.42 Å². The Balaban J connectivity index is 1.54. The van der Waals surface area contributed by atoms with Crippen molar-refractivity contribution in [3.63, 3.8) is 0 Å². The number of nitrogens with zero attached hydrogens (tertiary/aromatic N) is 3. The van der Waals surface area contributed by atoms with Crippen molar-refractivity contribution in [1.29, 1.82) is 0 Å². The largest absolute Gasteiger partial charge is 0.357 e. The Bertz CT molecular complexity index is 568. The fourth-order valence-corrected chi connectivity index (χ4v) is 3.50. The Kier molecular flexibility index (Phi) is 5.91. The van der Waals surface area contributed by atoms with Crippen molar-refractivity contribution < 1.29 is 0 Å². The lowest BCUT2D eigenvalue weighted by Gasteiger charge is -2.25. The second-order valence-electron chi connectivity index (χ2n) is 6.79. The van der Waals surface area contributed by atoms with Gasteiger partial charge in [0.1, 0.15) is 0 Å². The number of rotatable bonds is 5. The fourth-order valence-electron chi connectivity index (χ4n) is 3.50. The van der Waals surface area contributed by atoms with Crippen LogP contribution in [0.4, 0.5) is 0 Å². The summed E-state index contributed by atoms with van der Waals surface area (Å²) in [6, 6.07) is 9.45. The van der Waals surface area contributed by atoms with E-state index in [1.54, 1.807) is 0 Å². The van der Waals surface area contributed by atoms with Crippen LogP contribution in [-0.4, -0.2) is 61.1 Å². The van der Waals surface area contributed by atoms with Gasteiger partial charge in [0.05, 0.1) is 0 Å². The van der Waals surface area contributed by atoms with Gasteiger partial charge in [-0.15, -0.1) is 0 Å². The van der Waals surface area contributed by atoms with E-state index in [-0.39, 0.29) is 0 Å². The minimum absolute atomic E-state index is 0.668. The smallest absolute Gasteiger partial charge is 0.193 e. The highest BCUT2D eigenvalue weighted by Crippen LogP contribution is 2.18. The number of benzene rings is 1. The lowest BCUT2D eigenvalue weighted by molar-refractivity contribution is 0.259. The van der Waals surface area contributed by atoms with E-state index in [1.807, 2.05) is 0 Å². The zero-order chi connectivity index (χ0) is 16.8. The molecule has 1 N–H and O–H groups in total. The third-order valence-electron chi connectivity index (χ3n) is 4.94. The molecule has 0 aromatic heterocycles. The van der Waals surface area contributed by atoms with Crippen LogP contribution in [0.25, 0.3) is 0 Å². The summed E-state index contributed by atoms with van der Waals surface area (Å²) in [5.74, 6) is 1.08. The minimum atomic E-state index is 0.668. The Morgan fingerprint density at radius 2 is 1.96 bits per heavy atom. The second-order valence-corrected chi connectivity index (χ2v) is 6.79. The first-order chi connectivity index (χ1) is 11.8. The molecule has 130 valence electrons. The van der Waals surface area contributed by atoms with Crippen LogP contribution in [0.15, 0.2) is 41.4 Å². The summed E-state index contributed by atoms with van der Waals surface area (Å²) in [6.45, 7) is 10.5. The summed E-state index contributed by atoms with van der Waals surface area (Å²) < 4.78 is 0. The number of nitrogens with one attached hydrogen (secondary N) is 1. The summed E-state index contributed by atoms with van der Waals surface area (Å²) >= 11 is 0. The summed E-state index contributed by atoms with van der Waals surface area (Å²) in [4.78, 5) is 9.87. The molecule has 2 aliphatic heterocycles. The molecule has 1 fully saturated rings. The quantitative estimate of drug-likeness (QED) is 0.512. The van der Waals surface area contributed by atoms with Crippen molar-refractivity contribution >= 4 is 5.96 Å². The lowest BCUT2D eigenvalue weighted by atomic mass is 10.1. The maximum Gasteiger partial charge on any atom is 0.193 e. The maximum atomic E-state index is 4.87. The molecule has 0 amide bonds. The van der Waals surface area contributed by atoms with Gasteiger partial charge in [-0.3, -0.25) is 9.89 Å². The van der Waals surface area contributed by atoms with Gasteiger partial charge in [-0.25, -0.2) is 0 Å². The van der Waals surface area contributed by atoms with Gasteiger partial charge in [0.15, 0.2) is 5.96 Å². The van der Waals surface area contributed by atoms with Crippen molar-refractivity contribution in [2.45, 2.75) is 32.7 Å². The van der Waals surface area contributed by atoms with Crippen LogP contribution in [0, 0.1) is 6.92 Å². The van der Waals surface area contributed by atoms with Crippen LogP contribution >= 0.6 is 0 Å². The predicted molar refractivity (Wildman–Crippen MR) is 102 cm³/mol. The van der Waals surface area contributed by atoms with Crippen LogP contribution < -0.4 is 5.32 Å². The molecule has 1 aromatic rings. The van der Waals surface area contributed by atoms with E-state index in [1.165, 1.54) is 17.5 Å². The van der Waals surface area contributed by atoms with Gasteiger partial charge >= 0.3 is 0 Å². The summed E-state index contributed by atoms with van der Waals surface area (Å²) in [5.41, 5.74) is 2.68. The standard InChI is InChI=1S/C20H30N4/c1-3-21-20(22-12-10-18-8-6-17(2)7-9-18)24-15-11-19(16-24)23-13-4-5-14-23/h4-9,19H,3,10-16H2,1-2H3,(H,21,22). The highest BCUT2D eigenvalue weighted by atomic mass is 15.3. The second kappa shape index (κ2) is 8.34. The van der Waals surface area contributed by atoms with Crippen molar-refractivity contribution in [2.24, 2.45) is 4.99 Å². The summed E-state index contributed by atoms with van der Waals surface area (Å²) in [5, 5.41) is 3.47. The third kappa shape index (κ3) is 4.38. The normalized spacial score (nSPS) is 21.7. The van der Waals surface area contributed by atoms with E-state index in [9.17, 15) is 0 Å². The predicted octanol–water partition coefficient (Wildman–Crippen LogP) is 2.45. The van der Waals surface area contributed by atoms with Gasteiger partial charge in [-0.05, 0) is 32.3 Å². The van der Waals surface area contributed by atoms with Gasteiger partial charge in [0, 0.05) is 45.3 Å². The molecule has 24 heavy (non-hydrogen) atoms. The average Bonchev–Trinajstić information content (AvgIpc) is 3.27. The first-order valence-electron chi connectivity index (χ1n) is 9.24. The van der Waals surface area contributed by atoms with Gasteiger partial charge in [-0.2, -0.15) is 0 Å². The molecule has 2 heterocycles. The zero-order valence-electron chi connectivity index (χ0n) is 15.0. The monoisotopic (exact) mass is 326 g/mol. The van der Waals surface area contributed by atoms with Gasteiger partial charge < -0.3 is 10.2 Å². The fraction of sp³-hybridized carbons (Fsp3) is 0.550. The number of hydrogen-bond donors (Lipinski definition) is 1. The van der Waals surface area contributed by atoms with Crippen molar-refractivity contribution in [2.75, 3.05) is 39.3 Å². The van der Waals surface area contributed by atoms with Crippen molar-refractivity contribution in [3.05, 3.63) is 47.5 Å². The van der Waals surface area contributed by atoms with E-state index >= 15 is 0 Å². The van der Waals surface area contributed by atoms with E-state index in [0.717, 1.165) is 51.6 Å². The molecule has 0 spiro atoms. The molecule has 1 atom stereocenters. The minimum Gasteiger partial charge on any atom is -0.357 e. The number of likely N-dealkylation sites (tertiary alicyclic amines) is 1. The summed E-state index contributed by atoms with van der Waals surface area (Å²) in [7, 11) is 0. The van der Waals surface area contributed by atoms with Gasteiger partial charge in [0.2, 0.25) is 0 Å². The molecule has 1 unspecified atom stereocenters. The Labute approximate surface area is 146 Å². The molecular formula is C20H30N4. The Morgan fingerprint density at radius 3 is 2.67 bits per heavy atom. The number of aryl methyl sites for hydroxylation is 1. The molecule has 0 saturated carbocycles. The third-order valence-corrected chi connectivity index (χ3v) is 4.94. The lowest BCUT2D eigenvalue weighted by Crippen LogP contribution is -2.43.